The molecule has 1 heterocycles. The zero-order chi connectivity index (χ0) is 11.4. The van der Waals surface area contributed by atoms with E-state index in [0.717, 1.165) is 12.2 Å². The molecule has 0 amide bonds. The fraction of sp³-hybridized carbons (Fsp3) is 0.700. The molecule has 15 heavy (non-hydrogen) atoms. The van der Waals surface area contributed by atoms with Gasteiger partial charge in [-0.1, -0.05) is 0 Å². The van der Waals surface area contributed by atoms with Crippen LogP contribution >= 0.6 is 0 Å². The Morgan fingerprint density at radius 1 is 1.67 bits per heavy atom. The zero-order valence-electron chi connectivity index (χ0n) is 9.78. The highest BCUT2D eigenvalue weighted by Gasteiger charge is 2.10. The van der Waals surface area contributed by atoms with Crippen molar-refractivity contribution in [3.8, 4) is 0 Å². The maximum absolute atomic E-state index is 10.9. The molecule has 0 aliphatic carbocycles. The Morgan fingerprint density at radius 3 is 2.80 bits per heavy atom. The van der Waals surface area contributed by atoms with E-state index in [1.54, 1.807) is 6.26 Å². The van der Waals surface area contributed by atoms with Crippen LogP contribution in [0, 0.1) is 6.92 Å². The van der Waals surface area contributed by atoms with Crippen molar-refractivity contribution in [3.63, 3.8) is 0 Å². The third-order valence-electron chi connectivity index (χ3n) is 2.36. The highest BCUT2D eigenvalue weighted by molar-refractivity contribution is 7.84. The minimum Gasteiger partial charge on any atom is -0.309 e. The highest BCUT2D eigenvalue weighted by atomic mass is 32.2. The fourth-order valence-corrected chi connectivity index (χ4v) is 1.98. The van der Waals surface area contributed by atoms with Crippen LogP contribution in [-0.2, 0) is 17.8 Å². The Morgan fingerprint density at radius 2 is 2.33 bits per heavy atom. The summed E-state index contributed by atoms with van der Waals surface area (Å²) in [5, 5.41) is 7.63. The summed E-state index contributed by atoms with van der Waals surface area (Å²) < 4.78 is 12.7. The molecule has 0 aromatic carbocycles. The summed E-state index contributed by atoms with van der Waals surface area (Å²) in [5.74, 6) is 0.698. The van der Waals surface area contributed by atoms with Gasteiger partial charge in [0.1, 0.15) is 0 Å². The van der Waals surface area contributed by atoms with Crippen LogP contribution in [0.25, 0.3) is 0 Å². The van der Waals surface area contributed by atoms with Crippen LogP contribution in [0.15, 0.2) is 6.20 Å². The molecule has 1 aromatic heterocycles. The molecule has 0 fully saturated rings. The topological polar surface area (TPSA) is 46.9 Å². The van der Waals surface area contributed by atoms with Crippen LogP contribution in [-0.4, -0.2) is 32.5 Å². The first kappa shape index (κ1) is 12.4. The molecule has 0 bridgehead atoms. The summed E-state index contributed by atoms with van der Waals surface area (Å²) in [7, 11) is 1.20. The van der Waals surface area contributed by atoms with E-state index in [1.165, 1.54) is 5.56 Å². The minimum absolute atomic E-state index is 0.266. The molecule has 2 atom stereocenters. The van der Waals surface area contributed by atoms with E-state index < -0.39 is 10.8 Å². The Labute approximate surface area is 93.5 Å². The lowest BCUT2D eigenvalue weighted by molar-refractivity contribution is 0.594. The lowest BCUT2D eigenvalue weighted by Gasteiger charge is -2.12. The number of nitrogens with zero attached hydrogens (tertiary/aromatic N) is 2. The van der Waals surface area contributed by atoms with Gasteiger partial charge in [0.2, 0.25) is 0 Å². The van der Waals surface area contributed by atoms with Crippen LogP contribution in [0.4, 0.5) is 0 Å². The van der Waals surface area contributed by atoms with Gasteiger partial charge in [-0.15, -0.1) is 0 Å². The number of hydrogen-bond acceptors (Lipinski definition) is 3. The van der Waals surface area contributed by atoms with Gasteiger partial charge < -0.3 is 5.32 Å². The standard InChI is InChI=1S/C10H19N3OS/c1-8(11-5-6-15(4)14)10-7-13(3)12-9(10)2/h7-8,11H,5-6H2,1-4H3. The van der Waals surface area contributed by atoms with Crippen molar-refractivity contribution in [3.05, 3.63) is 17.5 Å². The van der Waals surface area contributed by atoms with Crippen LogP contribution < -0.4 is 5.32 Å². The van der Waals surface area contributed by atoms with Gasteiger partial charge >= 0.3 is 0 Å². The normalized spacial score (nSPS) is 15.2. The molecule has 4 nitrogen and oxygen atoms in total. The SMILES string of the molecule is Cc1nn(C)cc1C(C)NCCS(C)=O. The smallest absolute Gasteiger partial charge is 0.0641 e. The molecule has 5 heteroatoms. The molecule has 0 saturated heterocycles. The molecule has 0 radical (unpaired) electrons. The predicted molar refractivity (Wildman–Crippen MR) is 63.3 cm³/mol. The molecule has 1 N–H and O–H groups in total. The second-order valence-electron chi connectivity index (χ2n) is 3.80. The third-order valence-corrected chi connectivity index (χ3v) is 3.14. The van der Waals surface area contributed by atoms with E-state index in [4.69, 9.17) is 0 Å². The van der Waals surface area contributed by atoms with Crippen LogP contribution in [0.2, 0.25) is 0 Å². The van der Waals surface area contributed by atoms with Crippen molar-refractivity contribution >= 4 is 10.8 Å². The van der Waals surface area contributed by atoms with E-state index in [2.05, 4.69) is 17.3 Å². The molecular formula is C10H19N3OS. The zero-order valence-corrected chi connectivity index (χ0v) is 10.6. The van der Waals surface area contributed by atoms with Crippen molar-refractivity contribution in [1.29, 1.82) is 0 Å². The summed E-state index contributed by atoms with van der Waals surface area (Å²) in [6.07, 6.45) is 3.75. The van der Waals surface area contributed by atoms with Crippen molar-refractivity contribution < 1.29 is 4.21 Å². The average Bonchev–Trinajstić information content (AvgIpc) is 2.44. The molecule has 0 aliphatic heterocycles. The predicted octanol–water partition coefficient (Wildman–Crippen LogP) is 0.758. The molecule has 1 rings (SSSR count). The Kier molecular flexibility index (Phi) is 4.47. The largest absolute Gasteiger partial charge is 0.309 e. The molecule has 0 aliphatic rings. The first-order valence-electron chi connectivity index (χ1n) is 5.04. The lowest BCUT2D eigenvalue weighted by atomic mass is 10.1. The maximum Gasteiger partial charge on any atom is 0.0641 e. The molecule has 0 saturated carbocycles. The summed E-state index contributed by atoms with van der Waals surface area (Å²) in [6, 6.07) is 0.266. The summed E-state index contributed by atoms with van der Waals surface area (Å²) in [4.78, 5) is 0. The van der Waals surface area contributed by atoms with Crippen molar-refractivity contribution in [2.75, 3.05) is 18.6 Å². The summed E-state index contributed by atoms with van der Waals surface area (Å²) >= 11 is 0. The molecule has 2 unspecified atom stereocenters. The molecule has 0 spiro atoms. The van der Waals surface area contributed by atoms with Crippen LogP contribution in [0.3, 0.4) is 0 Å². The highest BCUT2D eigenvalue weighted by Crippen LogP contribution is 2.14. The molecule has 86 valence electrons. The fourth-order valence-electron chi connectivity index (χ4n) is 1.57. The van der Waals surface area contributed by atoms with Gasteiger partial charge in [-0.3, -0.25) is 8.89 Å². The van der Waals surface area contributed by atoms with Gasteiger partial charge in [-0.25, -0.2) is 0 Å². The van der Waals surface area contributed by atoms with E-state index >= 15 is 0 Å². The first-order chi connectivity index (χ1) is 7.00. The Hall–Kier alpha value is -0.680. The number of rotatable bonds is 5. The third kappa shape index (κ3) is 3.76. The van der Waals surface area contributed by atoms with Gasteiger partial charge in [0.25, 0.3) is 0 Å². The molecule has 1 aromatic rings. The summed E-state index contributed by atoms with van der Waals surface area (Å²) in [5.41, 5.74) is 2.26. The van der Waals surface area contributed by atoms with Gasteiger partial charge in [-0.2, -0.15) is 5.10 Å². The van der Waals surface area contributed by atoms with E-state index in [-0.39, 0.29) is 6.04 Å². The van der Waals surface area contributed by atoms with Gasteiger partial charge in [0.15, 0.2) is 0 Å². The monoisotopic (exact) mass is 229 g/mol. The lowest BCUT2D eigenvalue weighted by Crippen LogP contribution is -2.23. The van der Waals surface area contributed by atoms with Crippen molar-refractivity contribution in [2.24, 2.45) is 7.05 Å². The average molecular weight is 229 g/mol. The van der Waals surface area contributed by atoms with E-state index in [1.807, 2.05) is 24.9 Å². The quantitative estimate of drug-likeness (QED) is 0.811. The molecular weight excluding hydrogens is 210 g/mol. The van der Waals surface area contributed by atoms with Gasteiger partial charge in [0, 0.05) is 54.2 Å². The van der Waals surface area contributed by atoms with E-state index in [0.29, 0.717) is 5.75 Å². The Balaban J connectivity index is 2.50. The number of aryl methyl sites for hydroxylation is 2. The maximum atomic E-state index is 10.9. The van der Waals surface area contributed by atoms with Gasteiger partial charge in [0.05, 0.1) is 5.69 Å². The number of aromatic nitrogens is 2. The van der Waals surface area contributed by atoms with Gasteiger partial charge in [-0.05, 0) is 13.8 Å². The summed E-state index contributed by atoms with van der Waals surface area (Å²) in [6.45, 7) is 4.88. The van der Waals surface area contributed by atoms with Crippen molar-refractivity contribution in [1.82, 2.24) is 15.1 Å². The second kappa shape index (κ2) is 5.42. The number of nitrogens with one attached hydrogen (secondary N) is 1. The minimum atomic E-state index is -0.722. The Bertz CT molecular complexity index is 348. The number of hydrogen-bond donors (Lipinski definition) is 1. The van der Waals surface area contributed by atoms with E-state index in [9.17, 15) is 4.21 Å². The second-order valence-corrected chi connectivity index (χ2v) is 5.35. The van der Waals surface area contributed by atoms with Crippen LogP contribution in [0.1, 0.15) is 24.2 Å². The van der Waals surface area contributed by atoms with Crippen molar-refractivity contribution in [2.45, 2.75) is 19.9 Å². The van der Waals surface area contributed by atoms with Crippen LogP contribution in [0.5, 0.6) is 0 Å². The first-order valence-corrected chi connectivity index (χ1v) is 6.77.